The van der Waals surface area contributed by atoms with Crippen molar-refractivity contribution in [3.63, 3.8) is 0 Å². The van der Waals surface area contributed by atoms with Crippen LogP contribution in [0, 0.1) is 5.82 Å². The Balaban J connectivity index is 2.26. The van der Waals surface area contributed by atoms with Crippen LogP contribution in [0.2, 0.25) is 0 Å². The molecule has 0 aliphatic carbocycles. The van der Waals surface area contributed by atoms with Gasteiger partial charge >= 0.3 is 0 Å². The number of hydrogen-bond donors (Lipinski definition) is 1. The Labute approximate surface area is 121 Å². The number of ether oxygens (including phenoxy) is 1. The fourth-order valence-electron chi connectivity index (χ4n) is 1.63. The summed E-state index contributed by atoms with van der Waals surface area (Å²) in [6, 6.07) is 7.23. The molecule has 0 radical (unpaired) electrons. The summed E-state index contributed by atoms with van der Waals surface area (Å²) in [5, 5.41) is 0. The number of halogens is 1. The highest BCUT2D eigenvalue weighted by Gasteiger charge is 2.17. The summed E-state index contributed by atoms with van der Waals surface area (Å²) in [5.41, 5.74) is 0.162. The summed E-state index contributed by atoms with van der Waals surface area (Å²) < 4.78 is 45.2. The first-order valence-corrected chi connectivity index (χ1v) is 8.21. The van der Waals surface area contributed by atoms with E-state index in [-0.39, 0.29) is 15.6 Å². The molecule has 1 aromatic heterocycles. The lowest BCUT2D eigenvalue weighted by atomic mass is 10.3. The van der Waals surface area contributed by atoms with Crippen molar-refractivity contribution in [3.05, 3.63) is 41.0 Å². The molecule has 4 nitrogen and oxygen atoms in total. The second kappa shape index (κ2) is 5.80. The van der Waals surface area contributed by atoms with Crippen molar-refractivity contribution >= 4 is 27.0 Å². The van der Waals surface area contributed by atoms with E-state index in [0.29, 0.717) is 0 Å². The Morgan fingerprint density at radius 2 is 2.05 bits per heavy atom. The second-order valence-electron chi connectivity index (χ2n) is 4.03. The summed E-state index contributed by atoms with van der Waals surface area (Å²) >= 11 is 1.20. The van der Waals surface area contributed by atoms with Gasteiger partial charge in [0.2, 0.25) is 0 Å². The van der Waals surface area contributed by atoms with Gasteiger partial charge in [0.1, 0.15) is 4.21 Å². The number of benzene rings is 1. The van der Waals surface area contributed by atoms with Crippen molar-refractivity contribution in [2.75, 3.05) is 11.8 Å². The van der Waals surface area contributed by atoms with E-state index in [4.69, 9.17) is 4.74 Å². The molecule has 0 aliphatic rings. The van der Waals surface area contributed by atoms with E-state index in [9.17, 15) is 12.8 Å². The van der Waals surface area contributed by atoms with Gasteiger partial charge in [0.15, 0.2) is 11.6 Å². The van der Waals surface area contributed by atoms with E-state index in [2.05, 4.69) is 4.72 Å². The zero-order valence-electron chi connectivity index (χ0n) is 11.0. The zero-order chi connectivity index (χ0) is 14.8. The van der Waals surface area contributed by atoms with Crippen molar-refractivity contribution in [3.8, 4) is 5.75 Å². The van der Waals surface area contributed by atoms with E-state index >= 15 is 0 Å². The van der Waals surface area contributed by atoms with Crippen molar-refractivity contribution in [2.24, 2.45) is 0 Å². The normalized spacial score (nSPS) is 11.3. The Kier molecular flexibility index (Phi) is 4.29. The average molecular weight is 315 g/mol. The molecule has 0 fully saturated rings. The maximum absolute atomic E-state index is 13.5. The highest BCUT2D eigenvalue weighted by Crippen LogP contribution is 2.26. The maximum Gasteiger partial charge on any atom is 0.271 e. The van der Waals surface area contributed by atoms with Crippen LogP contribution in [0.3, 0.4) is 0 Å². The number of aryl methyl sites for hydroxylation is 1. The smallest absolute Gasteiger partial charge is 0.271 e. The van der Waals surface area contributed by atoms with E-state index in [1.807, 2.05) is 6.92 Å². The van der Waals surface area contributed by atoms with E-state index < -0.39 is 15.8 Å². The van der Waals surface area contributed by atoms with Gasteiger partial charge in [-0.1, -0.05) is 6.92 Å². The molecule has 1 heterocycles. The topological polar surface area (TPSA) is 55.4 Å². The van der Waals surface area contributed by atoms with Crippen LogP contribution in [-0.4, -0.2) is 15.5 Å². The SMILES string of the molecule is CCc1ccc(S(=O)(=O)Nc2ccc(OC)c(F)c2)s1. The number of nitrogens with one attached hydrogen (secondary N) is 1. The predicted octanol–water partition coefficient (Wildman–Crippen LogP) is 3.26. The minimum absolute atomic E-state index is 0.0670. The molecule has 20 heavy (non-hydrogen) atoms. The van der Waals surface area contributed by atoms with Gasteiger partial charge in [-0.15, -0.1) is 11.3 Å². The zero-order valence-corrected chi connectivity index (χ0v) is 12.6. The van der Waals surface area contributed by atoms with Crippen LogP contribution in [0.4, 0.5) is 10.1 Å². The van der Waals surface area contributed by atoms with Gasteiger partial charge in [-0.05, 0) is 30.7 Å². The lowest BCUT2D eigenvalue weighted by Gasteiger charge is -2.08. The molecule has 1 N–H and O–H groups in total. The molecule has 0 amide bonds. The molecular formula is C13H14FNO3S2. The molecule has 0 saturated carbocycles. The third kappa shape index (κ3) is 3.10. The summed E-state index contributed by atoms with van der Waals surface area (Å²) in [7, 11) is -2.33. The Morgan fingerprint density at radius 1 is 1.30 bits per heavy atom. The van der Waals surface area contributed by atoms with Crippen LogP contribution in [0.1, 0.15) is 11.8 Å². The largest absolute Gasteiger partial charge is 0.494 e. The van der Waals surface area contributed by atoms with E-state index in [1.165, 1.54) is 30.6 Å². The van der Waals surface area contributed by atoms with Crippen molar-refractivity contribution in [1.29, 1.82) is 0 Å². The maximum atomic E-state index is 13.5. The molecule has 0 spiro atoms. The number of anilines is 1. The fourth-order valence-corrected chi connectivity index (χ4v) is 3.97. The third-order valence-electron chi connectivity index (χ3n) is 2.65. The minimum atomic E-state index is -3.68. The quantitative estimate of drug-likeness (QED) is 0.921. The summed E-state index contributed by atoms with van der Waals surface area (Å²) in [5.74, 6) is -0.550. The molecule has 0 atom stereocenters. The number of thiophene rings is 1. The molecule has 2 aromatic rings. The lowest BCUT2D eigenvalue weighted by molar-refractivity contribution is 0.386. The molecule has 108 valence electrons. The van der Waals surface area contributed by atoms with Crippen molar-refractivity contribution in [1.82, 2.24) is 0 Å². The molecule has 0 bridgehead atoms. The third-order valence-corrected chi connectivity index (χ3v) is 5.76. The van der Waals surface area contributed by atoms with Gasteiger partial charge in [-0.2, -0.15) is 0 Å². The first-order chi connectivity index (χ1) is 9.46. The standard InChI is InChI=1S/C13H14FNO3S2/c1-3-10-5-7-13(19-10)20(16,17)15-9-4-6-12(18-2)11(14)8-9/h4-8,15H,3H2,1-2H3. The van der Waals surface area contributed by atoms with Crippen molar-refractivity contribution in [2.45, 2.75) is 17.6 Å². The highest BCUT2D eigenvalue weighted by atomic mass is 32.2. The van der Waals surface area contributed by atoms with Crippen LogP contribution in [0.25, 0.3) is 0 Å². The van der Waals surface area contributed by atoms with Gasteiger partial charge in [-0.25, -0.2) is 12.8 Å². The monoisotopic (exact) mass is 315 g/mol. The molecule has 0 unspecified atom stereocenters. The number of hydrogen-bond acceptors (Lipinski definition) is 4. The highest BCUT2D eigenvalue weighted by molar-refractivity contribution is 7.94. The van der Waals surface area contributed by atoms with Gasteiger partial charge in [-0.3, -0.25) is 4.72 Å². The lowest BCUT2D eigenvalue weighted by Crippen LogP contribution is -2.11. The Hall–Kier alpha value is -1.60. The molecule has 0 saturated heterocycles. The fraction of sp³-hybridized carbons (Fsp3) is 0.231. The summed E-state index contributed by atoms with van der Waals surface area (Å²) in [4.78, 5) is 0.978. The number of sulfonamides is 1. The second-order valence-corrected chi connectivity index (χ2v) is 7.11. The number of methoxy groups -OCH3 is 1. The molecule has 1 aromatic carbocycles. The van der Waals surface area contributed by atoms with Crippen molar-refractivity contribution < 1.29 is 17.5 Å². The van der Waals surface area contributed by atoms with Crippen LogP contribution < -0.4 is 9.46 Å². The van der Waals surface area contributed by atoms with Crippen LogP contribution in [0.15, 0.2) is 34.5 Å². The van der Waals surface area contributed by atoms with E-state index in [1.54, 1.807) is 12.1 Å². The first-order valence-electron chi connectivity index (χ1n) is 5.91. The van der Waals surface area contributed by atoms with E-state index in [0.717, 1.165) is 17.4 Å². The van der Waals surface area contributed by atoms with Crippen LogP contribution in [-0.2, 0) is 16.4 Å². The molecule has 0 aliphatic heterocycles. The molecule has 7 heteroatoms. The predicted molar refractivity (Wildman–Crippen MR) is 77.5 cm³/mol. The van der Waals surface area contributed by atoms with Crippen LogP contribution >= 0.6 is 11.3 Å². The minimum Gasteiger partial charge on any atom is -0.494 e. The van der Waals surface area contributed by atoms with Gasteiger partial charge in [0.05, 0.1) is 12.8 Å². The number of rotatable bonds is 5. The van der Waals surface area contributed by atoms with Crippen LogP contribution in [0.5, 0.6) is 5.75 Å². The Morgan fingerprint density at radius 3 is 2.60 bits per heavy atom. The molecule has 2 rings (SSSR count). The van der Waals surface area contributed by atoms with Gasteiger partial charge in [0.25, 0.3) is 10.0 Å². The first kappa shape index (κ1) is 14.8. The molecular weight excluding hydrogens is 301 g/mol. The average Bonchev–Trinajstić information content (AvgIpc) is 2.88. The summed E-state index contributed by atoms with van der Waals surface area (Å²) in [6.07, 6.45) is 0.775. The van der Waals surface area contributed by atoms with Gasteiger partial charge in [0, 0.05) is 10.9 Å². The Bertz CT molecular complexity index is 710. The summed E-state index contributed by atoms with van der Waals surface area (Å²) in [6.45, 7) is 1.95. The van der Waals surface area contributed by atoms with Gasteiger partial charge < -0.3 is 4.74 Å².